The van der Waals surface area contributed by atoms with Gasteiger partial charge in [0.25, 0.3) is 0 Å². The molecular weight excluding hydrogens is 240 g/mol. The van der Waals surface area contributed by atoms with Gasteiger partial charge in [0.2, 0.25) is 0 Å². The van der Waals surface area contributed by atoms with Crippen molar-refractivity contribution in [3.05, 3.63) is 11.9 Å². The van der Waals surface area contributed by atoms with Crippen LogP contribution in [-0.4, -0.2) is 33.7 Å². The molecule has 2 fully saturated rings. The first kappa shape index (κ1) is 13.1. The maximum Gasteiger partial charge on any atom is 0.0738 e. The first-order chi connectivity index (χ1) is 9.14. The van der Waals surface area contributed by atoms with Crippen LogP contribution in [0.25, 0.3) is 0 Å². The Morgan fingerprint density at radius 2 is 2.37 bits per heavy atom. The highest BCUT2D eigenvalue weighted by molar-refractivity contribution is 5.11. The highest BCUT2D eigenvalue weighted by Crippen LogP contribution is 2.51. The zero-order valence-electron chi connectivity index (χ0n) is 12.1. The van der Waals surface area contributed by atoms with Gasteiger partial charge in [0, 0.05) is 37.1 Å². The number of aryl methyl sites for hydroxylation is 1. The van der Waals surface area contributed by atoms with Crippen LogP contribution in [0.15, 0.2) is 6.20 Å². The van der Waals surface area contributed by atoms with Crippen LogP contribution in [0.2, 0.25) is 0 Å². The SMILES string of the molecule is CCn1nncc1CNC1C2CCCOC2C1(C)C. The Labute approximate surface area is 114 Å². The van der Waals surface area contributed by atoms with E-state index < -0.39 is 0 Å². The maximum atomic E-state index is 5.93. The van der Waals surface area contributed by atoms with Gasteiger partial charge in [-0.25, -0.2) is 4.68 Å². The van der Waals surface area contributed by atoms with Gasteiger partial charge in [0.1, 0.15) is 0 Å². The number of hydrogen-bond donors (Lipinski definition) is 1. The van der Waals surface area contributed by atoms with E-state index in [1.54, 1.807) is 0 Å². The van der Waals surface area contributed by atoms with E-state index >= 15 is 0 Å². The molecule has 1 aromatic heterocycles. The molecule has 1 saturated carbocycles. The topological polar surface area (TPSA) is 52.0 Å². The molecule has 2 heterocycles. The number of nitrogens with zero attached hydrogens (tertiary/aromatic N) is 3. The molecule has 2 aliphatic rings. The molecule has 19 heavy (non-hydrogen) atoms. The first-order valence-corrected chi connectivity index (χ1v) is 7.37. The van der Waals surface area contributed by atoms with E-state index in [0.717, 1.165) is 19.7 Å². The molecule has 5 heteroatoms. The maximum absolute atomic E-state index is 5.93. The third-order valence-electron chi connectivity index (χ3n) is 4.83. The van der Waals surface area contributed by atoms with E-state index in [1.165, 1.54) is 18.5 Å². The molecule has 0 radical (unpaired) electrons. The second-order valence-electron chi connectivity index (χ2n) is 6.32. The lowest BCUT2D eigenvalue weighted by atomic mass is 9.55. The monoisotopic (exact) mass is 264 g/mol. The molecule has 3 rings (SSSR count). The molecule has 1 aliphatic carbocycles. The second kappa shape index (κ2) is 4.87. The van der Waals surface area contributed by atoms with Crippen molar-refractivity contribution in [1.82, 2.24) is 20.3 Å². The van der Waals surface area contributed by atoms with E-state index in [0.29, 0.717) is 18.1 Å². The molecule has 106 valence electrons. The summed E-state index contributed by atoms with van der Waals surface area (Å²) < 4.78 is 7.89. The van der Waals surface area contributed by atoms with Crippen LogP contribution >= 0.6 is 0 Å². The molecule has 0 bridgehead atoms. The van der Waals surface area contributed by atoms with Crippen LogP contribution in [0.3, 0.4) is 0 Å². The van der Waals surface area contributed by atoms with Crippen LogP contribution in [-0.2, 0) is 17.8 Å². The predicted octanol–water partition coefficient (Wildman–Crippen LogP) is 1.59. The van der Waals surface area contributed by atoms with Crippen LogP contribution in [0.1, 0.15) is 39.3 Å². The number of hydrogen-bond acceptors (Lipinski definition) is 4. The van der Waals surface area contributed by atoms with Gasteiger partial charge < -0.3 is 10.1 Å². The fourth-order valence-corrected chi connectivity index (χ4v) is 3.83. The van der Waals surface area contributed by atoms with Gasteiger partial charge in [-0.1, -0.05) is 19.1 Å². The Kier molecular flexibility index (Phi) is 3.35. The van der Waals surface area contributed by atoms with Gasteiger partial charge >= 0.3 is 0 Å². The molecule has 0 amide bonds. The average Bonchev–Trinajstić information content (AvgIpc) is 2.86. The van der Waals surface area contributed by atoms with Crippen LogP contribution in [0, 0.1) is 11.3 Å². The minimum absolute atomic E-state index is 0.232. The van der Waals surface area contributed by atoms with E-state index in [-0.39, 0.29) is 5.41 Å². The molecule has 0 spiro atoms. The highest BCUT2D eigenvalue weighted by Gasteiger charge is 2.57. The minimum Gasteiger partial charge on any atom is -0.377 e. The standard InChI is InChI=1S/C14H24N4O/c1-4-18-10(9-16-17-18)8-15-12-11-6-5-7-19-13(11)14(12,2)3/h9,11-13,15H,4-8H2,1-3H3. The average molecular weight is 264 g/mol. The van der Waals surface area contributed by atoms with Gasteiger partial charge in [0.15, 0.2) is 0 Å². The van der Waals surface area contributed by atoms with Crippen molar-refractivity contribution in [3.8, 4) is 0 Å². The van der Waals surface area contributed by atoms with E-state index in [4.69, 9.17) is 4.74 Å². The van der Waals surface area contributed by atoms with Crippen LogP contribution < -0.4 is 5.32 Å². The summed E-state index contributed by atoms with van der Waals surface area (Å²) in [6.45, 7) is 9.37. The van der Waals surface area contributed by atoms with Gasteiger partial charge in [-0.05, 0) is 19.8 Å². The van der Waals surface area contributed by atoms with Crippen molar-refractivity contribution in [3.63, 3.8) is 0 Å². The van der Waals surface area contributed by atoms with Crippen molar-refractivity contribution in [1.29, 1.82) is 0 Å². The number of rotatable bonds is 4. The largest absolute Gasteiger partial charge is 0.377 e. The molecule has 1 aromatic rings. The lowest BCUT2D eigenvalue weighted by Gasteiger charge is -2.60. The summed E-state index contributed by atoms with van der Waals surface area (Å²) in [6, 6.07) is 0.540. The summed E-state index contributed by atoms with van der Waals surface area (Å²) in [7, 11) is 0. The molecule has 1 saturated heterocycles. The minimum atomic E-state index is 0.232. The Balaban J connectivity index is 1.63. The third-order valence-corrected chi connectivity index (χ3v) is 4.83. The molecule has 3 unspecified atom stereocenters. The molecular formula is C14H24N4O. The summed E-state index contributed by atoms with van der Waals surface area (Å²) in [5.41, 5.74) is 1.40. The van der Waals surface area contributed by atoms with Gasteiger partial charge in [0.05, 0.1) is 18.0 Å². The highest BCUT2D eigenvalue weighted by atomic mass is 16.5. The normalized spacial score (nSPS) is 32.7. The summed E-state index contributed by atoms with van der Waals surface area (Å²) in [5, 5.41) is 11.8. The van der Waals surface area contributed by atoms with E-state index in [9.17, 15) is 0 Å². The zero-order chi connectivity index (χ0) is 13.5. The van der Waals surface area contributed by atoms with Crippen molar-refractivity contribution >= 4 is 0 Å². The summed E-state index contributed by atoms with van der Waals surface area (Å²) in [5.74, 6) is 0.676. The Bertz CT molecular complexity index is 442. The number of aromatic nitrogens is 3. The zero-order valence-corrected chi connectivity index (χ0v) is 12.1. The van der Waals surface area contributed by atoms with E-state index in [1.807, 2.05) is 10.9 Å². The Morgan fingerprint density at radius 3 is 3.16 bits per heavy atom. The molecule has 3 atom stereocenters. The smallest absolute Gasteiger partial charge is 0.0738 e. The third kappa shape index (κ3) is 2.09. The van der Waals surface area contributed by atoms with E-state index in [2.05, 4.69) is 36.4 Å². The number of ether oxygens (including phenoxy) is 1. The molecule has 1 N–H and O–H groups in total. The van der Waals surface area contributed by atoms with Crippen molar-refractivity contribution in [2.45, 2.75) is 58.8 Å². The van der Waals surface area contributed by atoms with Crippen molar-refractivity contribution in [2.75, 3.05) is 6.61 Å². The predicted molar refractivity (Wildman–Crippen MR) is 72.6 cm³/mol. The Morgan fingerprint density at radius 1 is 1.53 bits per heavy atom. The summed E-state index contributed by atoms with van der Waals surface area (Å²) in [4.78, 5) is 0. The number of fused-ring (bicyclic) bond motifs is 1. The number of nitrogens with one attached hydrogen (secondary N) is 1. The first-order valence-electron chi connectivity index (χ1n) is 7.37. The molecule has 5 nitrogen and oxygen atoms in total. The second-order valence-corrected chi connectivity index (χ2v) is 6.32. The fourth-order valence-electron chi connectivity index (χ4n) is 3.83. The lowest BCUT2D eigenvalue weighted by molar-refractivity contribution is -0.193. The van der Waals surface area contributed by atoms with Gasteiger partial charge in [-0.15, -0.1) is 5.10 Å². The van der Waals surface area contributed by atoms with Crippen LogP contribution in [0.4, 0.5) is 0 Å². The summed E-state index contributed by atoms with van der Waals surface area (Å²) in [6.07, 6.45) is 4.78. The quantitative estimate of drug-likeness (QED) is 0.897. The summed E-state index contributed by atoms with van der Waals surface area (Å²) >= 11 is 0. The molecule has 1 aliphatic heterocycles. The Hall–Kier alpha value is -0.940. The lowest BCUT2D eigenvalue weighted by Crippen LogP contribution is -2.69. The van der Waals surface area contributed by atoms with Crippen LogP contribution in [0.5, 0.6) is 0 Å². The van der Waals surface area contributed by atoms with Gasteiger partial charge in [-0.3, -0.25) is 0 Å². The molecule has 0 aromatic carbocycles. The van der Waals surface area contributed by atoms with Crippen molar-refractivity contribution in [2.24, 2.45) is 11.3 Å². The van der Waals surface area contributed by atoms with Gasteiger partial charge in [-0.2, -0.15) is 0 Å². The fraction of sp³-hybridized carbons (Fsp3) is 0.857. The van der Waals surface area contributed by atoms with Crippen molar-refractivity contribution < 1.29 is 4.74 Å².